The second kappa shape index (κ2) is 8.26. The van der Waals surface area contributed by atoms with Crippen LogP contribution >= 0.6 is 15.9 Å². The lowest BCUT2D eigenvalue weighted by molar-refractivity contribution is 0.469. The first-order valence-corrected chi connectivity index (χ1v) is 15.6. The van der Waals surface area contributed by atoms with E-state index in [9.17, 15) is 5.11 Å². The lowest BCUT2D eigenvalue weighted by atomic mass is 9.79. The lowest BCUT2D eigenvalue weighted by Gasteiger charge is -2.39. The molecule has 0 amide bonds. The second-order valence-corrected chi connectivity index (χ2v) is 16.6. The molecule has 0 heterocycles. The molecule has 0 radical (unpaired) electrons. The Labute approximate surface area is 197 Å². The van der Waals surface area contributed by atoms with E-state index in [4.69, 9.17) is 4.43 Å². The summed E-state index contributed by atoms with van der Waals surface area (Å²) in [5, 5.41) is 11.5. The van der Waals surface area contributed by atoms with E-state index in [1.165, 1.54) is 59.1 Å². The van der Waals surface area contributed by atoms with Crippen LogP contribution in [0.5, 0.6) is 11.5 Å². The number of rotatable bonds is 3. The number of halogens is 1. The van der Waals surface area contributed by atoms with Gasteiger partial charge in [0.15, 0.2) is 0 Å². The van der Waals surface area contributed by atoms with Gasteiger partial charge in [-0.1, -0.05) is 26.8 Å². The molecular formula is C27H37BrO2Si. The van der Waals surface area contributed by atoms with Gasteiger partial charge in [-0.3, -0.25) is 0 Å². The molecule has 2 aliphatic rings. The lowest BCUT2D eigenvalue weighted by Crippen LogP contribution is -2.44. The van der Waals surface area contributed by atoms with Crippen LogP contribution in [0.4, 0.5) is 0 Å². The van der Waals surface area contributed by atoms with Gasteiger partial charge >= 0.3 is 0 Å². The van der Waals surface area contributed by atoms with Crippen LogP contribution in [0.15, 0.2) is 16.6 Å². The number of aryl methyl sites for hydroxylation is 3. The zero-order valence-electron chi connectivity index (χ0n) is 20.0. The molecule has 0 saturated carbocycles. The van der Waals surface area contributed by atoms with Crippen molar-refractivity contribution in [3.05, 3.63) is 44.4 Å². The molecule has 4 heteroatoms. The van der Waals surface area contributed by atoms with Gasteiger partial charge in [0, 0.05) is 11.1 Å². The van der Waals surface area contributed by atoms with Crippen LogP contribution < -0.4 is 4.43 Å². The highest BCUT2D eigenvalue weighted by atomic mass is 79.9. The first kappa shape index (κ1) is 22.9. The Hall–Kier alpha value is -1.26. The van der Waals surface area contributed by atoms with Crippen LogP contribution in [0, 0.1) is 6.92 Å². The van der Waals surface area contributed by atoms with E-state index in [2.05, 4.69) is 68.9 Å². The van der Waals surface area contributed by atoms with Crippen molar-refractivity contribution in [1.82, 2.24) is 0 Å². The molecule has 31 heavy (non-hydrogen) atoms. The quantitative estimate of drug-likeness (QED) is 0.429. The van der Waals surface area contributed by atoms with Crippen LogP contribution in [0.3, 0.4) is 0 Å². The van der Waals surface area contributed by atoms with E-state index >= 15 is 0 Å². The molecule has 0 saturated heterocycles. The molecule has 2 aliphatic carbocycles. The third kappa shape index (κ3) is 4.11. The molecule has 0 spiro atoms. The Balaban J connectivity index is 2.04. The van der Waals surface area contributed by atoms with Crippen LogP contribution in [0.25, 0.3) is 11.1 Å². The summed E-state index contributed by atoms with van der Waals surface area (Å²) in [6, 6.07) is 4.51. The fraction of sp³-hybridized carbons (Fsp3) is 0.556. The number of fused-ring (bicyclic) bond motifs is 2. The number of phenolic OH excluding ortho intramolecular Hbond substituents is 1. The van der Waals surface area contributed by atoms with E-state index in [-0.39, 0.29) is 5.04 Å². The molecule has 2 aromatic rings. The first-order chi connectivity index (χ1) is 14.5. The van der Waals surface area contributed by atoms with Crippen molar-refractivity contribution in [2.75, 3.05) is 0 Å². The molecule has 2 aromatic carbocycles. The maximum absolute atomic E-state index is 11.4. The predicted octanol–water partition coefficient (Wildman–Crippen LogP) is 8.27. The van der Waals surface area contributed by atoms with Crippen molar-refractivity contribution < 1.29 is 9.53 Å². The number of hydrogen-bond acceptors (Lipinski definition) is 2. The Morgan fingerprint density at radius 3 is 1.97 bits per heavy atom. The van der Waals surface area contributed by atoms with Gasteiger partial charge < -0.3 is 9.53 Å². The molecule has 0 fully saturated rings. The van der Waals surface area contributed by atoms with Gasteiger partial charge in [-0.25, -0.2) is 0 Å². The first-order valence-electron chi connectivity index (χ1n) is 11.9. The minimum Gasteiger partial charge on any atom is -0.543 e. The monoisotopic (exact) mass is 500 g/mol. The Bertz CT molecular complexity index is 1020. The van der Waals surface area contributed by atoms with Crippen molar-refractivity contribution in [3.63, 3.8) is 0 Å². The Kier molecular flexibility index (Phi) is 6.11. The summed E-state index contributed by atoms with van der Waals surface area (Å²) in [5.74, 6) is 1.41. The molecule has 0 unspecified atom stereocenters. The van der Waals surface area contributed by atoms with Crippen molar-refractivity contribution in [3.8, 4) is 22.6 Å². The van der Waals surface area contributed by atoms with Gasteiger partial charge in [0.05, 0.1) is 4.47 Å². The highest BCUT2D eigenvalue weighted by Crippen LogP contribution is 2.51. The normalized spacial score (nSPS) is 16.6. The summed E-state index contributed by atoms with van der Waals surface area (Å²) < 4.78 is 7.86. The SMILES string of the molecule is Cc1cc2c(c(-c3c(O)c(Br)cc4c3CCCC4)c1O[Si](C)(C)C(C)(C)C)CCCC2. The van der Waals surface area contributed by atoms with Crippen molar-refractivity contribution >= 4 is 24.2 Å². The van der Waals surface area contributed by atoms with Crippen LogP contribution in [0.2, 0.25) is 18.1 Å². The predicted molar refractivity (Wildman–Crippen MR) is 137 cm³/mol. The standard InChI is InChI=1S/C27H37BrO2Si/c1-17-15-18-11-7-10-14-21(18)24(26(17)30-31(5,6)27(2,3)4)23-20-13-9-8-12-19(20)16-22(28)25(23)29/h15-16,29H,7-14H2,1-6H3. The maximum atomic E-state index is 11.4. The van der Waals surface area contributed by atoms with Gasteiger partial charge in [0.2, 0.25) is 0 Å². The van der Waals surface area contributed by atoms with Gasteiger partial charge in [0.25, 0.3) is 8.32 Å². The number of benzene rings is 2. The van der Waals surface area contributed by atoms with Crippen molar-refractivity contribution in [1.29, 1.82) is 0 Å². The summed E-state index contributed by atoms with van der Waals surface area (Å²) in [6.07, 6.45) is 9.19. The van der Waals surface area contributed by atoms with Crippen LogP contribution in [0.1, 0.15) is 74.3 Å². The van der Waals surface area contributed by atoms with Crippen molar-refractivity contribution in [2.45, 2.75) is 97.2 Å². The zero-order chi connectivity index (χ0) is 22.6. The number of hydrogen-bond donors (Lipinski definition) is 1. The molecule has 0 atom stereocenters. The molecule has 4 rings (SSSR count). The van der Waals surface area contributed by atoms with E-state index in [0.29, 0.717) is 5.75 Å². The topological polar surface area (TPSA) is 29.5 Å². The van der Waals surface area contributed by atoms with E-state index in [1.807, 2.05) is 0 Å². The highest BCUT2D eigenvalue weighted by molar-refractivity contribution is 9.10. The average Bonchev–Trinajstić information content (AvgIpc) is 2.69. The van der Waals surface area contributed by atoms with E-state index < -0.39 is 8.32 Å². The summed E-state index contributed by atoms with van der Waals surface area (Å²) >= 11 is 3.67. The zero-order valence-corrected chi connectivity index (χ0v) is 22.6. The number of aromatic hydroxyl groups is 1. The fourth-order valence-corrected chi connectivity index (χ4v) is 6.52. The third-order valence-electron chi connectivity index (χ3n) is 7.78. The van der Waals surface area contributed by atoms with Crippen LogP contribution in [-0.4, -0.2) is 13.4 Å². The van der Waals surface area contributed by atoms with Crippen molar-refractivity contribution in [2.24, 2.45) is 0 Å². The molecule has 2 nitrogen and oxygen atoms in total. The highest BCUT2D eigenvalue weighted by Gasteiger charge is 2.40. The minimum absolute atomic E-state index is 0.116. The summed E-state index contributed by atoms with van der Waals surface area (Å²) in [6.45, 7) is 13.7. The van der Waals surface area contributed by atoms with Gasteiger partial charge in [-0.2, -0.15) is 0 Å². The molecule has 168 valence electrons. The summed E-state index contributed by atoms with van der Waals surface area (Å²) in [4.78, 5) is 0. The average molecular weight is 502 g/mol. The number of phenols is 1. The molecule has 0 bridgehead atoms. The Morgan fingerprint density at radius 2 is 1.39 bits per heavy atom. The van der Waals surface area contributed by atoms with Gasteiger partial charge in [0.1, 0.15) is 11.5 Å². The molecule has 1 N–H and O–H groups in total. The maximum Gasteiger partial charge on any atom is 0.250 e. The summed E-state index contributed by atoms with van der Waals surface area (Å²) in [5.41, 5.74) is 9.03. The van der Waals surface area contributed by atoms with E-state index in [0.717, 1.165) is 41.5 Å². The smallest absolute Gasteiger partial charge is 0.250 e. The fourth-order valence-electron chi connectivity index (χ4n) is 4.97. The summed E-state index contributed by atoms with van der Waals surface area (Å²) in [7, 11) is -2.05. The van der Waals surface area contributed by atoms with E-state index in [1.54, 1.807) is 0 Å². The molecular weight excluding hydrogens is 464 g/mol. The molecule has 0 aromatic heterocycles. The minimum atomic E-state index is -2.05. The largest absolute Gasteiger partial charge is 0.543 e. The Morgan fingerprint density at radius 1 is 0.871 bits per heavy atom. The third-order valence-corrected chi connectivity index (χ3v) is 12.7. The van der Waals surface area contributed by atoms with Gasteiger partial charge in [-0.15, -0.1) is 0 Å². The van der Waals surface area contributed by atoms with Crippen LogP contribution in [-0.2, 0) is 25.7 Å². The van der Waals surface area contributed by atoms with Gasteiger partial charge in [-0.05, 0) is 126 Å². The molecule has 0 aliphatic heterocycles. The second-order valence-electron chi connectivity index (χ2n) is 11.0.